The zero-order valence-corrected chi connectivity index (χ0v) is 18.0. The van der Waals surface area contributed by atoms with E-state index in [1.165, 1.54) is 0 Å². The number of carbonyl (C=O) groups is 1. The van der Waals surface area contributed by atoms with E-state index in [0.29, 0.717) is 19.7 Å². The van der Waals surface area contributed by atoms with Crippen LogP contribution in [0.25, 0.3) is 10.2 Å². The van der Waals surface area contributed by atoms with Gasteiger partial charge in [-0.25, -0.2) is 4.98 Å². The van der Waals surface area contributed by atoms with Gasteiger partial charge in [0.05, 0.1) is 5.39 Å². The highest BCUT2D eigenvalue weighted by Crippen LogP contribution is 2.31. The molecule has 4 rings (SSSR count). The number of fused-ring (bicyclic) bond motifs is 1. The lowest BCUT2D eigenvalue weighted by molar-refractivity contribution is -0.142. The predicted octanol–water partition coefficient (Wildman–Crippen LogP) is 3.54. The standard InChI is InChI=1S/C21H29N3O3S/c1-12(2)18-22-19-17(13(3)14(4)28-19)21(26)24(18)15-7-9-23(10-8-15)20(25)16-6-5-11-27-16/h12,15-16H,5-11H2,1-4H3. The first-order chi connectivity index (χ1) is 13.4. The second-order valence-electron chi connectivity index (χ2n) is 8.32. The Hall–Kier alpha value is -1.73. The number of nitrogens with zero attached hydrogens (tertiary/aromatic N) is 3. The van der Waals surface area contributed by atoms with Crippen LogP contribution in [0.5, 0.6) is 0 Å². The van der Waals surface area contributed by atoms with Gasteiger partial charge in [0.1, 0.15) is 16.8 Å². The number of ether oxygens (including phenoxy) is 1. The molecule has 0 bridgehead atoms. The van der Waals surface area contributed by atoms with Gasteiger partial charge in [-0.15, -0.1) is 11.3 Å². The van der Waals surface area contributed by atoms with Gasteiger partial charge in [0.2, 0.25) is 0 Å². The third-order valence-electron chi connectivity index (χ3n) is 6.13. The summed E-state index contributed by atoms with van der Waals surface area (Å²) in [6.45, 7) is 10.3. The van der Waals surface area contributed by atoms with Crippen molar-refractivity contribution in [2.75, 3.05) is 19.7 Å². The summed E-state index contributed by atoms with van der Waals surface area (Å²) in [5, 5.41) is 0.768. The normalized spacial score (nSPS) is 21.2. The number of rotatable bonds is 3. The van der Waals surface area contributed by atoms with Crippen molar-refractivity contribution in [3.63, 3.8) is 0 Å². The van der Waals surface area contributed by atoms with Crippen LogP contribution in [0.1, 0.15) is 67.8 Å². The van der Waals surface area contributed by atoms with E-state index in [2.05, 4.69) is 20.8 Å². The Morgan fingerprint density at radius 1 is 1.21 bits per heavy atom. The molecule has 2 fully saturated rings. The first-order valence-electron chi connectivity index (χ1n) is 10.3. The number of hydrogen-bond donors (Lipinski definition) is 0. The molecule has 2 aliphatic heterocycles. The van der Waals surface area contributed by atoms with Gasteiger partial charge < -0.3 is 9.64 Å². The maximum Gasteiger partial charge on any atom is 0.262 e. The summed E-state index contributed by atoms with van der Waals surface area (Å²) in [7, 11) is 0. The molecule has 0 spiro atoms. The first kappa shape index (κ1) is 19.6. The van der Waals surface area contributed by atoms with Crippen LogP contribution in [-0.2, 0) is 9.53 Å². The first-order valence-corrected chi connectivity index (χ1v) is 11.1. The van der Waals surface area contributed by atoms with Crippen molar-refractivity contribution in [2.24, 2.45) is 0 Å². The molecule has 0 radical (unpaired) electrons. The summed E-state index contributed by atoms with van der Waals surface area (Å²) in [5.74, 6) is 1.15. The quantitative estimate of drug-likeness (QED) is 0.786. The van der Waals surface area contributed by atoms with Crippen molar-refractivity contribution in [2.45, 2.75) is 71.4 Å². The van der Waals surface area contributed by atoms with Crippen molar-refractivity contribution in [3.05, 3.63) is 26.6 Å². The van der Waals surface area contributed by atoms with Crippen molar-refractivity contribution in [1.29, 1.82) is 0 Å². The van der Waals surface area contributed by atoms with Gasteiger partial charge in [-0.05, 0) is 45.1 Å². The number of amides is 1. The van der Waals surface area contributed by atoms with E-state index in [-0.39, 0.29) is 29.5 Å². The molecule has 1 atom stereocenters. The van der Waals surface area contributed by atoms with E-state index < -0.39 is 0 Å². The third-order valence-corrected chi connectivity index (χ3v) is 7.23. The van der Waals surface area contributed by atoms with Crippen molar-refractivity contribution in [3.8, 4) is 0 Å². The summed E-state index contributed by atoms with van der Waals surface area (Å²) in [4.78, 5) is 34.9. The highest BCUT2D eigenvalue weighted by molar-refractivity contribution is 7.18. The van der Waals surface area contributed by atoms with Gasteiger partial charge in [-0.3, -0.25) is 14.2 Å². The molecule has 0 saturated carbocycles. The molecular formula is C21H29N3O3S. The second kappa shape index (κ2) is 7.59. The number of piperidine rings is 1. The number of carbonyl (C=O) groups excluding carboxylic acids is 1. The maximum atomic E-state index is 13.4. The number of likely N-dealkylation sites (tertiary alicyclic amines) is 1. The lowest BCUT2D eigenvalue weighted by atomic mass is 10.0. The Bertz CT molecular complexity index is 948. The van der Waals surface area contributed by atoms with Gasteiger partial charge in [0, 0.05) is 36.5 Å². The molecule has 1 unspecified atom stereocenters. The van der Waals surface area contributed by atoms with E-state index in [9.17, 15) is 9.59 Å². The minimum Gasteiger partial charge on any atom is -0.368 e. The molecule has 7 heteroatoms. The van der Waals surface area contributed by atoms with Crippen LogP contribution in [0.4, 0.5) is 0 Å². The molecule has 2 saturated heterocycles. The summed E-state index contributed by atoms with van der Waals surface area (Å²) in [5.41, 5.74) is 1.13. The van der Waals surface area contributed by atoms with Gasteiger partial charge in [0.25, 0.3) is 11.5 Å². The molecule has 1 amide bonds. The fourth-order valence-corrected chi connectivity index (χ4v) is 5.43. The monoisotopic (exact) mass is 403 g/mol. The molecule has 2 aromatic rings. The van der Waals surface area contributed by atoms with Gasteiger partial charge in [0.15, 0.2) is 0 Å². The molecule has 0 aliphatic carbocycles. The maximum absolute atomic E-state index is 13.4. The van der Waals surface area contributed by atoms with E-state index in [1.807, 2.05) is 16.4 Å². The van der Waals surface area contributed by atoms with Crippen molar-refractivity contribution < 1.29 is 9.53 Å². The topological polar surface area (TPSA) is 64.4 Å². The molecule has 2 aromatic heterocycles. The Morgan fingerprint density at radius 3 is 2.54 bits per heavy atom. The molecule has 6 nitrogen and oxygen atoms in total. The van der Waals surface area contributed by atoms with Crippen molar-refractivity contribution in [1.82, 2.24) is 14.5 Å². The van der Waals surface area contributed by atoms with E-state index in [0.717, 1.165) is 52.2 Å². The van der Waals surface area contributed by atoms with E-state index >= 15 is 0 Å². The Kier molecular flexibility index (Phi) is 5.31. The number of hydrogen-bond acceptors (Lipinski definition) is 5. The molecule has 152 valence electrons. The fourth-order valence-electron chi connectivity index (χ4n) is 4.40. The SMILES string of the molecule is Cc1sc2nc(C(C)C)n(C3CCN(C(=O)C4CCCO4)CC3)c(=O)c2c1C. The lowest BCUT2D eigenvalue weighted by Gasteiger charge is -2.35. The molecule has 4 heterocycles. The highest BCUT2D eigenvalue weighted by Gasteiger charge is 2.32. The minimum absolute atomic E-state index is 0.0828. The Balaban J connectivity index is 1.63. The zero-order valence-electron chi connectivity index (χ0n) is 17.2. The molecule has 2 aliphatic rings. The van der Waals surface area contributed by atoms with Crippen LogP contribution in [0.3, 0.4) is 0 Å². The predicted molar refractivity (Wildman–Crippen MR) is 111 cm³/mol. The van der Waals surface area contributed by atoms with Crippen LogP contribution in [0, 0.1) is 13.8 Å². The Morgan fingerprint density at radius 2 is 1.93 bits per heavy atom. The average Bonchev–Trinajstić information content (AvgIpc) is 3.30. The molecule has 0 aromatic carbocycles. The van der Waals surface area contributed by atoms with Crippen LogP contribution in [0.15, 0.2) is 4.79 Å². The summed E-state index contributed by atoms with van der Waals surface area (Å²) in [6.07, 6.45) is 3.10. The third kappa shape index (κ3) is 3.28. The summed E-state index contributed by atoms with van der Waals surface area (Å²) < 4.78 is 7.49. The summed E-state index contributed by atoms with van der Waals surface area (Å²) in [6, 6.07) is 0.0925. The van der Waals surface area contributed by atoms with Crippen LogP contribution >= 0.6 is 11.3 Å². The lowest BCUT2D eigenvalue weighted by Crippen LogP contribution is -2.45. The van der Waals surface area contributed by atoms with Gasteiger partial charge in [-0.2, -0.15) is 0 Å². The fraction of sp³-hybridized carbons (Fsp3) is 0.667. The number of thiophene rings is 1. The summed E-state index contributed by atoms with van der Waals surface area (Å²) >= 11 is 1.61. The second-order valence-corrected chi connectivity index (χ2v) is 9.52. The van der Waals surface area contributed by atoms with Gasteiger partial charge in [-0.1, -0.05) is 13.8 Å². The molecular weight excluding hydrogens is 374 g/mol. The average molecular weight is 404 g/mol. The van der Waals surface area contributed by atoms with E-state index in [4.69, 9.17) is 9.72 Å². The molecule has 0 N–H and O–H groups in total. The minimum atomic E-state index is -0.264. The number of aromatic nitrogens is 2. The van der Waals surface area contributed by atoms with Crippen molar-refractivity contribution >= 4 is 27.5 Å². The van der Waals surface area contributed by atoms with Crippen LogP contribution in [-0.4, -0.2) is 46.2 Å². The van der Waals surface area contributed by atoms with Gasteiger partial charge >= 0.3 is 0 Å². The largest absolute Gasteiger partial charge is 0.368 e. The molecule has 28 heavy (non-hydrogen) atoms. The Labute approximate surface area is 169 Å². The van der Waals surface area contributed by atoms with E-state index in [1.54, 1.807) is 11.3 Å². The smallest absolute Gasteiger partial charge is 0.262 e. The van der Waals surface area contributed by atoms with Crippen LogP contribution in [0.2, 0.25) is 0 Å². The highest BCUT2D eigenvalue weighted by atomic mass is 32.1. The number of aryl methyl sites for hydroxylation is 2. The zero-order chi connectivity index (χ0) is 20.0. The van der Waals surface area contributed by atoms with Crippen LogP contribution < -0.4 is 5.56 Å².